The molecule has 2 aromatic heterocycles. The summed E-state index contributed by atoms with van der Waals surface area (Å²) in [4.78, 5) is 13.4. The molecule has 28 heavy (non-hydrogen) atoms. The zero-order valence-electron chi connectivity index (χ0n) is 16.7. The Balaban J connectivity index is 1.92. The van der Waals surface area contributed by atoms with E-state index >= 15 is 0 Å². The van der Waals surface area contributed by atoms with E-state index in [-0.39, 0.29) is 11.8 Å². The number of hydrogen-bond donors (Lipinski definition) is 4. The number of ether oxygens (including phenoxy) is 1. The Hall–Kier alpha value is -3.07. The minimum Gasteiger partial charge on any atom is -0.504 e. The largest absolute Gasteiger partial charge is 0.504 e. The summed E-state index contributed by atoms with van der Waals surface area (Å²) >= 11 is 0. The van der Waals surface area contributed by atoms with Gasteiger partial charge >= 0.3 is 0 Å². The number of nitrogens with zero attached hydrogens (tertiary/aromatic N) is 4. The van der Waals surface area contributed by atoms with Crippen LogP contribution in [0, 0.1) is 0 Å². The molecule has 0 aliphatic rings. The standard InChI is InChI=1S/C19H26N6O3/c1-11(19(2,3)27)22-18-23-16(14-17(24-18)25(4)10-21-14)20-9-12-7-6-8-13(28-5)15(12)26/h6-8,10-11,26-27H,9H2,1-5H3,(H2,20,22,23,24). The summed E-state index contributed by atoms with van der Waals surface area (Å²) in [6.07, 6.45) is 1.66. The zero-order chi connectivity index (χ0) is 20.5. The van der Waals surface area contributed by atoms with Gasteiger partial charge in [0.05, 0.1) is 25.1 Å². The van der Waals surface area contributed by atoms with Gasteiger partial charge in [0.2, 0.25) is 5.95 Å². The van der Waals surface area contributed by atoms with E-state index in [9.17, 15) is 10.2 Å². The van der Waals surface area contributed by atoms with E-state index in [1.165, 1.54) is 7.11 Å². The van der Waals surface area contributed by atoms with Gasteiger partial charge in [-0.25, -0.2) is 4.98 Å². The molecular weight excluding hydrogens is 360 g/mol. The lowest BCUT2D eigenvalue weighted by molar-refractivity contribution is 0.0646. The van der Waals surface area contributed by atoms with Crippen LogP contribution < -0.4 is 15.4 Å². The van der Waals surface area contributed by atoms with Gasteiger partial charge in [0.1, 0.15) is 0 Å². The van der Waals surface area contributed by atoms with Crippen LogP contribution in [0.15, 0.2) is 24.5 Å². The molecule has 0 bridgehead atoms. The Bertz CT molecular complexity index is 980. The summed E-state index contributed by atoms with van der Waals surface area (Å²) in [5.41, 5.74) is 0.996. The molecule has 4 N–H and O–H groups in total. The van der Waals surface area contributed by atoms with Crippen molar-refractivity contribution in [3.63, 3.8) is 0 Å². The van der Waals surface area contributed by atoms with E-state index in [4.69, 9.17) is 4.74 Å². The molecule has 1 atom stereocenters. The third-order valence-corrected chi connectivity index (χ3v) is 4.71. The van der Waals surface area contributed by atoms with E-state index in [2.05, 4.69) is 25.6 Å². The summed E-state index contributed by atoms with van der Waals surface area (Å²) in [5.74, 6) is 1.39. The maximum absolute atomic E-state index is 10.3. The second-order valence-electron chi connectivity index (χ2n) is 7.26. The number of nitrogens with one attached hydrogen (secondary N) is 2. The van der Waals surface area contributed by atoms with E-state index in [0.29, 0.717) is 40.8 Å². The first-order valence-electron chi connectivity index (χ1n) is 8.97. The Morgan fingerprint density at radius 3 is 2.71 bits per heavy atom. The normalized spacial score (nSPS) is 12.8. The van der Waals surface area contributed by atoms with Crippen LogP contribution in [0.3, 0.4) is 0 Å². The van der Waals surface area contributed by atoms with Gasteiger partial charge in [-0.1, -0.05) is 12.1 Å². The first-order valence-corrected chi connectivity index (χ1v) is 8.97. The lowest BCUT2D eigenvalue weighted by Gasteiger charge is -2.26. The molecule has 0 saturated carbocycles. The van der Waals surface area contributed by atoms with Crippen molar-refractivity contribution in [3.8, 4) is 11.5 Å². The van der Waals surface area contributed by atoms with Crippen LogP contribution in [0.2, 0.25) is 0 Å². The molecule has 3 aromatic rings. The van der Waals surface area contributed by atoms with Crippen LogP contribution in [0.4, 0.5) is 11.8 Å². The van der Waals surface area contributed by atoms with Gasteiger partial charge in [-0.2, -0.15) is 9.97 Å². The monoisotopic (exact) mass is 386 g/mol. The van der Waals surface area contributed by atoms with Gasteiger partial charge in [0, 0.05) is 19.2 Å². The van der Waals surface area contributed by atoms with Crippen LogP contribution in [-0.2, 0) is 13.6 Å². The molecule has 9 nitrogen and oxygen atoms in total. The molecule has 150 valence electrons. The predicted octanol–water partition coefficient (Wildman–Crippen LogP) is 2.26. The highest BCUT2D eigenvalue weighted by atomic mass is 16.5. The highest BCUT2D eigenvalue weighted by Gasteiger charge is 2.24. The molecule has 2 heterocycles. The third-order valence-electron chi connectivity index (χ3n) is 4.71. The van der Waals surface area contributed by atoms with Crippen molar-refractivity contribution < 1.29 is 14.9 Å². The number of imidazole rings is 1. The van der Waals surface area contributed by atoms with Crippen molar-refractivity contribution in [3.05, 3.63) is 30.1 Å². The van der Waals surface area contributed by atoms with Crippen molar-refractivity contribution in [2.24, 2.45) is 7.05 Å². The topological polar surface area (TPSA) is 117 Å². The van der Waals surface area contributed by atoms with Gasteiger partial charge in [-0.05, 0) is 26.8 Å². The minimum atomic E-state index is -0.940. The summed E-state index contributed by atoms with van der Waals surface area (Å²) in [6.45, 7) is 5.63. The fraction of sp³-hybridized carbons (Fsp3) is 0.421. The minimum absolute atomic E-state index is 0.0813. The van der Waals surface area contributed by atoms with E-state index in [1.807, 2.05) is 20.0 Å². The number of aromatic hydroxyl groups is 1. The van der Waals surface area contributed by atoms with Crippen LogP contribution in [0.25, 0.3) is 11.2 Å². The van der Waals surface area contributed by atoms with Crippen LogP contribution >= 0.6 is 0 Å². The zero-order valence-corrected chi connectivity index (χ0v) is 16.7. The van der Waals surface area contributed by atoms with Gasteiger partial charge in [-0.3, -0.25) is 0 Å². The average Bonchev–Trinajstić information content (AvgIpc) is 3.01. The number of para-hydroxylation sites is 1. The summed E-state index contributed by atoms with van der Waals surface area (Å²) in [7, 11) is 3.36. The Morgan fingerprint density at radius 1 is 1.29 bits per heavy atom. The Morgan fingerprint density at radius 2 is 2.04 bits per heavy atom. The molecule has 1 unspecified atom stereocenters. The van der Waals surface area contributed by atoms with Crippen LogP contribution in [-0.4, -0.2) is 48.5 Å². The lowest BCUT2D eigenvalue weighted by Crippen LogP contribution is -2.39. The van der Waals surface area contributed by atoms with E-state index < -0.39 is 5.60 Å². The van der Waals surface area contributed by atoms with E-state index in [1.54, 1.807) is 36.9 Å². The van der Waals surface area contributed by atoms with Crippen molar-refractivity contribution >= 4 is 22.9 Å². The number of methoxy groups -OCH3 is 1. The molecule has 1 aromatic carbocycles. The number of aromatic nitrogens is 4. The SMILES string of the molecule is COc1cccc(CNc2nc(NC(C)C(C)(C)O)nc3c2ncn3C)c1O. The summed E-state index contributed by atoms with van der Waals surface area (Å²) in [5, 5.41) is 26.8. The smallest absolute Gasteiger partial charge is 0.227 e. The summed E-state index contributed by atoms with van der Waals surface area (Å²) < 4.78 is 6.95. The van der Waals surface area contributed by atoms with Crippen molar-refractivity contribution in [2.45, 2.75) is 39.0 Å². The van der Waals surface area contributed by atoms with Crippen molar-refractivity contribution in [2.75, 3.05) is 17.7 Å². The number of fused-ring (bicyclic) bond motifs is 1. The molecule has 0 radical (unpaired) electrons. The highest BCUT2D eigenvalue weighted by molar-refractivity contribution is 5.84. The number of anilines is 2. The number of phenols is 1. The van der Waals surface area contributed by atoms with Gasteiger partial charge < -0.3 is 30.2 Å². The predicted molar refractivity (Wildman–Crippen MR) is 108 cm³/mol. The molecule has 0 aliphatic carbocycles. The van der Waals surface area contributed by atoms with E-state index in [0.717, 1.165) is 0 Å². The molecule has 0 amide bonds. The second-order valence-corrected chi connectivity index (χ2v) is 7.26. The Kier molecular flexibility index (Phi) is 5.28. The van der Waals surface area contributed by atoms with Crippen LogP contribution in [0.5, 0.6) is 11.5 Å². The van der Waals surface area contributed by atoms with Gasteiger partial charge in [-0.15, -0.1) is 0 Å². The Labute approximate surface area is 163 Å². The lowest BCUT2D eigenvalue weighted by atomic mass is 10.0. The molecule has 0 saturated heterocycles. The fourth-order valence-electron chi connectivity index (χ4n) is 2.62. The fourth-order valence-corrected chi connectivity index (χ4v) is 2.62. The maximum Gasteiger partial charge on any atom is 0.227 e. The van der Waals surface area contributed by atoms with Gasteiger partial charge in [0.15, 0.2) is 28.5 Å². The summed E-state index contributed by atoms with van der Waals surface area (Å²) in [6, 6.07) is 5.04. The third kappa shape index (κ3) is 3.94. The maximum atomic E-state index is 10.3. The number of hydrogen-bond acceptors (Lipinski definition) is 8. The molecular formula is C19H26N6O3. The van der Waals surface area contributed by atoms with Crippen LogP contribution in [0.1, 0.15) is 26.3 Å². The van der Waals surface area contributed by atoms with Crippen molar-refractivity contribution in [1.82, 2.24) is 19.5 Å². The number of benzene rings is 1. The molecule has 0 aliphatic heterocycles. The molecule has 9 heteroatoms. The number of phenolic OH excluding ortho intramolecular Hbond substituents is 1. The molecule has 3 rings (SSSR count). The first kappa shape index (κ1) is 19.7. The van der Waals surface area contributed by atoms with Crippen molar-refractivity contribution in [1.29, 1.82) is 0 Å². The highest BCUT2D eigenvalue weighted by Crippen LogP contribution is 2.30. The second kappa shape index (κ2) is 7.51. The molecule has 0 spiro atoms. The van der Waals surface area contributed by atoms with Gasteiger partial charge in [0.25, 0.3) is 0 Å². The average molecular weight is 386 g/mol. The number of rotatable bonds is 7. The number of aryl methyl sites for hydroxylation is 1. The number of aliphatic hydroxyl groups is 1. The first-order chi connectivity index (χ1) is 13.2. The quantitative estimate of drug-likeness (QED) is 0.488. The molecule has 0 fully saturated rings.